The van der Waals surface area contributed by atoms with E-state index in [1.807, 2.05) is 0 Å². The molecule has 0 saturated carbocycles. The average Bonchev–Trinajstić information content (AvgIpc) is 2.30. The van der Waals surface area contributed by atoms with Crippen molar-refractivity contribution < 1.29 is 9.90 Å². The number of nitroso groups, excluding NO2 is 1. The van der Waals surface area contributed by atoms with Crippen LogP contribution >= 0.6 is 0 Å². The van der Waals surface area contributed by atoms with Crippen LogP contribution in [0.15, 0.2) is 35.5 Å². The molecule has 1 amide bonds. The molecular formula is C12H10N2O3. The number of fused-ring (bicyclic) bond motifs is 1. The van der Waals surface area contributed by atoms with Gasteiger partial charge >= 0.3 is 0 Å². The van der Waals surface area contributed by atoms with Crippen LogP contribution in [0.3, 0.4) is 0 Å². The van der Waals surface area contributed by atoms with Crippen molar-refractivity contribution in [3.05, 3.63) is 35.2 Å². The Kier molecular flexibility index (Phi) is 2.74. The first-order chi connectivity index (χ1) is 8.13. The molecule has 2 aromatic carbocycles. The number of carbonyl (C=O) groups excluding carboxylic acids is 1. The van der Waals surface area contributed by atoms with Gasteiger partial charge in [0.25, 0.3) is 0 Å². The highest BCUT2D eigenvalue weighted by Gasteiger charge is 2.09. The molecule has 0 spiro atoms. The van der Waals surface area contributed by atoms with Crippen LogP contribution in [0, 0.1) is 4.91 Å². The molecule has 2 rings (SSSR count). The highest BCUT2D eigenvalue weighted by molar-refractivity contribution is 6.04. The van der Waals surface area contributed by atoms with Crippen molar-refractivity contribution in [1.29, 1.82) is 0 Å². The molecule has 0 radical (unpaired) electrons. The monoisotopic (exact) mass is 230 g/mol. The van der Waals surface area contributed by atoms with E-state index < -0.39 is 0 Å². The van der Waals surface area contributed by atoms with Crippen LogP contribution in [0.5, 0.6) is 5.75 Å². The third kappa shape index (κ3) is 1.94. The zero-order valence-electron chi connectivity index (χ0n) is 9.10. The zero-order valence-corrected chi connectivity index (χ0v) is 9.10. The number of hydrogen-bond donors (Lipinski definition) is 2. The summed E-state index contributed by atoms with van der Waals surface area (Å²) in [6.45, 7) is 1.40. The second-order valence-electron chi connectivity index (χ2n) is 3.61. The molecule has 0 unspecified atom stereocenters. The molecule has 2 aromatic rings. The molecule has 0 bridgehead atoms. The summed E-state index contributed by atoms with van der Waals surface area (Å²) in [6.07, 6.45) is 0. The normalized spacial score (nSPS) is 10.2. The Labute approximate surface area is 97.0 Å². The quantitative estimate of drug-likeness (QED) is 0.778. The maximum Gasteiger partial charge on any atom is 0.221 e. The molecular weight excluding hydrogens is 220 g/mol. The first kappa shape index (κ1) is 11.1. The summed E-state index contributed by atoms with van der Waals surface area (Å²) >= 11 is 0. The first-order valence-corrected chi connectivity index (χ1v) is 4.99. The van der Waals surface area contributed by atoms with E-state index in [4.69, 9.17) is 0 Å². The summed E-state index contributed by atoms with van der Waals surface area (Å²) in [6, 6.07) is 8.11. The largest absolute Gasteiger partial charge is 0.505 e. The summed E-state index contributed by atoms with van der Waals surface area (Å²) in [5.74, 6) is -0.376. The third-order valence-corrected chi connectivity index (χ3v) is 2.42. The summed E-state index contributed by atoms with van der Waals surface area (Å²) in [5, 5.41) is 16.3. The van der Waals surface area contributed by atoms with Crippen molar-refractivity contribution in [1.82, 2.24) is 0 Å². The van der Waals surface area contributed by atoms with Crippen molar-refractivity contribution in [2.75, 3.05) is 5.32 Å². The second kappa shape index (κ2) is 4.21. The number of aromatic hydroxyl groups is 1. The molecule has 2 N–H and O–H groups in total. The standard InChI is InChI=1S/C12H10N2O3/c1-7(15)13-10-4-2-3-9-8(10)5-6-11(14-17)12(9)16/h2-6,16H,1H3,(H,13,15). The number of phenols is 1. The number of nitrogens with zero attached hydrogens (tertiary/aromatic N) is 1. The average molecular weight is 230 g/mol. The van der Waals surface area contributed by atoms with Gasteiger partial charge in [0, 0.05) is 23.4 Å². The summed E-state index contributed by atoms with van der Waals surface area (Å²) < 4.78 is 0. The topological polar surface area (TPSA) is 78.8 Å². The highest BCUT2D eigenvalue weighted by Crippen LogP contribution is 2.37. The van der Waals surface area contributed by atoms with E-state index in [0.29, 0.717) is 16.5 Å². The predicted octanol–water partition coefficient (Wildman–Crippen LogP) is 2.90. The molecule has 0 aliphatic heterocycles. The van der Waals surface area contributed by atoms with Gasteiger partial charge in [-0.2, -0.15) is 0 Å². The minimum Gasteiger partial charge on any atom is -0.505 e. The van der Waals surface area contributed by atoms with Gasteiger partial charge in [-0.1, -0.05) is 12.1 Å². The summed E-state index contributed by atoms with van der Waals surface area (Å²) in [7, 11) is 0. The van der Waals surface area contributed by atoms with E-state index in [9.17, 15) is 14.8 Å². The third-order valence-electron chi connectivity index (χ3n) is 2.42. The van der Waals surface area contributed by atoms with Crippen LogP contribution in [0.1, 0.15) is 6.92 Å². The number of phenolic OH excluding ortho intramolecular Hbond substituents is 1. The van der Waals surface area contributed by atoms with Crippen LogP contribution < -0.4 is 5.32 Å². The SMILES string of the molecule is CC(=O)Nc1cccc2c(O)c(N=O)ccc12. The Bertz CT molecular complexity index is 608. The van der Waals surface area contributed by atoms with Gasteiger partial charge in [-0.05, 0) is 23.4 Å². The molecule has 0 fully saturated rings. The van der Waals surface area contributed by atoms with Crippen LogP contribution in [0.2, 0.25) is 0 Å². The highest BCUT2D eigenvalue weighted by atomic mass is 16.3. The Morgan fingerprint density at radius 2 is 2.00 bits per heavy atom. The molecule has 17 heavy (non-hydrogen) atoms. The first-order valence-electron chi connectivity index (χ1n) is 4.99. The van der Waals surface area contributed by atoms with E-state index >= 15 is 0 Å². The van der Waals surface area contributed by atoms with Crippen molar-refractivity contribution in [2.45, 2.75) is 6.92 Å². The molecule has 0 aliphatic rings. The molecule has 5 nitrogen and oxygen atoms in total. The molecule has 0 saturated heterocycles. The number of benzene rings is 2. The maximum absolute atomic E-state index is 11.0. The van der Waals surface area contributed by atoms with Crippen molar-refractivity contribution in [3.63, 3.8) is 0 Å². The van der Waals surface area contributed by atoms with E-state index in [1.165, 1.54) is 13.0 Å². The van der Waals surface area contributed by atoms with Crippen molar-refractivity contribution >= 4 is 28.1 Å². The zero-order chi connectivity index (χ0) is 12.4. The Morgan fingerprint density at radius 3 is 2.65 bits per heavy atom. The van der Waals surface area contributed by atoms with Crippen LogP contribution in [-0.2, 0) is 4.79 Å². The van der Waals surface area contributed by atoms with Gasteiger partial charge in [0.1, 0.15) is 5.69 Å². The Balaban J connectivity index is 2.70. The number of rotatable bonds is 2. The molecule has 0 aromatic heterocycles. The Hall–Kier alpha value is -2.43. The smallest absolute Gasteiger partial charge is 0.221 e. The lowest BCUT2D eigenvalue weighted by Gasteiger charge is -2.08. The molecule has 0 aliphatic carbocycles. The van der Waals surface area contributed by atoms with Gasteiger partial charge < -0.3 is 10.4 Å². The minimum absolute atomic E-state index is 0.0162. The van der Waals surface area contributed by atoms with E-state index in [-0.39, 0.29) is 17.3 Å². The van der Waals surface area contributed by atoms with Gasteiger partial charge in [0.15, 0.2) is 5.75 Å². The minimum atomic E-state index is -0.199. The summed E-state index contributed by atoms with van der Waals surface area (Å²) in [5.41, 5.74) is 0.570. The number of anilines is 1. The second-order valence-corrected chi connectivity index (χ2v) is 3.61. The van der Waals surface area contributed by atoms with Crippen molar-refractivity contribution in [2.24, 2.45) is 5.18 Å². The molecule has 5 heteroatoms. The van der Waals surface area contributed by atoms with Crippen LogP contribution in [0.25, 0.3) is 10.8 Å². The lowest BCUT2D eigenvalue weighted by Crippen LogP contribution is -2.05. The fourth-order valence-corrected chi connectivity index (χ4v) is 1.70. The van der Waals surface area contributed by atoms with Gasteiger partial charge in [-0.3, -0.25) is 4.79 Å². The molecule has 0 atom stereocenters. The maximum atomic E-state index is 11.0. The number of hydrogen-bond acceptors (Lipinski definition) is 4. The van der Waals surface area contributed by atoms with E-state index in [1.54, 1.807) is 24.3 Å². The molecule has 86 valence electrons. The fourth-order valence-electron chi connectivity index (χ4n) is 1.70. The van der Waals surface area contributed by atoms with Crippen LogP contribution in [-0.4, -0.2) is 11.0 Å². The number of amides is 1. The van der Waals surface area contributed by atoms with E-state index in [2.05, 4.69) is 10.5 Å². The predicted molar refractivity (Wildman–Crippen MR) is 65.4 cm³/mol. The number of nitrogens with one attached hydrogen (secondary N) is 1. The molecule has 0 heterocycles. The van der Waals surface area contributed by atoms with Gasteiger partial charge in [0.2, 0.25) is 5.91 Å². The lowest BCUT2D eigenvalue weighted by molar-refractivity contribution is -0.114. The van der Waals surface area contributed by atoms with Gasteiger partial charge in [0.05, 0.1) is 0 Å². The van der Waals surface area contributed by atoms with Gasteiger partial charge in [-0.25, -0.2) is 0 Å². The fraction of sp³-hybridized carbons (Fsp3) is 0.0833. The lowest BCUT2D eigenvalue weighted by atomic mass is 10.1. The van der Waals surface area contributed by atoms with Gasteiger partial charge in [-0.15, -0.1) is 4.91 Å². The summed E-state index contributed by atoms with van der Waals surface area (Å²) in [4.78, 5) is 21.5. The van der Waals surface area contributed by atoms with E-state index in [0.717, 1.165) is 0 Å². The number of carbonyl (C=O) groups is 1. The van der Waals surface area contributed by atoms with Crippen molar-refractivity contribution in [3.8, 4) is 5.75 Å². The Morgan fingerprint density at radius 1 is 1.24 bits per heavy atom. The van der Waals surface area contributed by atoms with Crippen LogP contribution in [0.4, 0.5) is 11.4 Å².